The first-order valence-corrected chi connectivity index (χ1v) is 6.43. The van der Waals surface area contributed by atoms with E-state index < -0.39 is 11.9 Å². The topological polar surface area (TPSA) is 92.9 Å². The van der Waals surface area contributed by atoms with Gasteiger partial charge in [-0.2, -0.15) is 0 Å². The molecule has 2 unspecified atom stereocenters. The van der Waals surface area contributed by atoms with Crippen molar-refractivity contribution in [2.75, 3.05) is 19.4 Å². The Kier molecular flexibility index (Phi) is 3.83. The number of ether oxygens (including phenoxy) is 1. The lowest BCUT2D eigenvalue weighted by atomic mass is 10.0. The fourth-order valence-corrected chi connectivity index (χ4v) is 2.60. The smallest absolute Gasteiger partial charge is 0.308 e. The first kappa shape index (κ1) is 14.2. The first-order chi connectivity index (χ1) is 9.45. The van der Waals surface area contributed by atoms with Gasteiger partial charge in [-0.05, 0) is 25.5 Å². The molecular formula is C14H18N2O4. The molecule has 20 heavy (non-hydrogen) atoms. The Morgan fingerprint density at radius 3 is 2.70 bits per heavy atom. The van der Waals surface area contributed by atoms with Gasteiger partial charge in [-0.15, -0.1) is 0 Å². The number of anilines is 1. The van der Waals surface area contributed by atoms with Gasteiger partial charge in [0.1, 0.15) is 5.75 Å². The van der Waals surface area contributed by atoms with Crippen LogP contribution in [0.5, 0.6) is 5.75 Å². The number of carbonyl (C=O) groups is 2. The molecule has 1 aliphatic heterocycles. The van der Waals surface area contributed by atoms with Crippen LogP contribution in [0.1, 0.15) is 23.7 Å². The minimum atomic E-state index is -0.864. The largest absolute Gasteiger partial charge is 0.496 e. The van der Waals surface area contributed by atoms with Gasteiger partial charge < -0.3 is 20.5 Å². The van der Waals surface area contributed by atoms with Crippen molar-refractivity contribution in [1.82, 2.24) is 4.90 Å². The molecule has 108 valence electrons. The van der Waals surface area contributed by atoms with Crippen LogP contribution < -0.4 is 10.5 Å². The number of carboxylic acids is 1. The minimum absolute atomic E-state index is 0.224. The van der Waals surface area contributed by atoms with Crippen LogP contribution in [0.4, 0.5) is 5.69 Å². The lowest BCUT2D eigenvalue weighted by Gasteiger charge is -2.24. The fourth-order valence-electron chi connectivity index (χ4n) is 2.60. The van der Waals surface area contributed by atoms with Gasteiger partial charge in [0.05, 0.1) is 18.6 Å². The Morgan fingerprint density at radius 2 is 2.15 bits per heavy atom. The molecule has 1 saturated heterocycles. The summed E-state index contributed by atoms with van der Waals surface area (Å²) in [5.74, 6) is -1.20. The third kappa shape index (κ3) is 2.41. The lowest BCUT2D eigenvalue weighted by Crippen LogP contribution is -2.37. The van der Waals surface area contributed by atoms with Crippen molar-refractivity contribution >= 4 is 17.6 Å². The summed E-state index contributed by atoms with van der Waals surface area (Å²) in [5.41, 5.74) is 6.58. The zero-order valence-corrected chi connectivity index (χ0v) is 11.5. The van der Waals surface area contributed by atoms with Gasteiger partial charge in [-0.1, -0.05) is 0 Å². The molecule has 1 aromatic carbocycles. The fraction of sp³-hybridized carbons (Fsp3) is 0.429. The zero-order valence-electron chi connectivity index (χ0n) is 11.5. The van der Waals surface area contributed by atoms with Crippen molar-refractivity contribution in [2.24, 2.45) is 5.92 Å². The van der Waals surface area contributed by atoms with Crippen LogP contribution in [-0.4, -0.2) is 41.6 Å². The second-order valence-corrected chi connectivity index (χ2v) is 4.93. The maximum atomic E-state index is 12.5. The summed E-state index contributed by atoms with van der Waals surface area (Å²) < 4.78 is 5.17. The minimum Gasteiger partial charge on any atom is -0.496 e. The molecule has 1 aliphatic rings. The molecule has 3 N–H and O–H groups in total. The summed E-state index contributed by atoms with van der Waals surface area (Å²) >= 11 is 0. The Bertz CT molecular complexity index is 544. The van der Waals surface area contributed by atoms with Gasteiger partial charge in [-0.25, -0.2) is 0 Å². The maximum Gasteiger partial charge on any atom is 0.308 e. The van der Waals surface area contributed by atoms with Crippen molar-refractivity contribution < 1.29 is 19.4 Å². The summed E-state index contributed by atoms with van der Waals surface area (Å²) in [6, 6.07) is 4.49. The van der Waals surface area contributed by atoms with Crippen molar-refractivity contribution in [2.45, 2.75) is 19.4 Å². The molecule has 0 spiro atoms. The molecule has 1 heterocycles. The van der Waals surface area contributed by atoms with E-state index in [-0.39, 0.29) is 11.9 Å². The van der Waals surface area contributed by atoms with Gasteiger partial charge >= 0.3 is 5.97 Å². The average molecular weight is 278 g/mol. The standard InChI is InChI=1S/C14H18N2O4/c1-8-10(14(18)19)5-6-16(8)13(17)11-4-3-9(15)7-12(11)20-2/h3-4,7-8,10H,5-6,15H2,1-2H3,(H,18,19). The molecule has 6 heteroatoms. The number of carbonyl (C=O) groups excluding carboxylic acids is 1. The molecule has 0 radical (unpaired) electrons. The number of rotatable bonds is 3. The number of methoxy groups -OCH3 is 1. The SMILES string of the molecule is COc1cc(N)ccc1C(=O)N1CCC(C(=O)O)C1C. The van der Waals surface area contributed by atoms with Gasteiger partial charge in [0.15, 0.2) is 0 Å². The molecule has 0 aromatic heterocycles. The third-order valence-electron chi connectivity index (χ3n) is 3.79. The van der Waals surface area contributed by atoms with Gasteiger partial charge in [0.2, 0.25) is 0 Å². The van der Waals surface area contributed by atoms with Crippen LogP contribution in [0.15, 0.2) is 18.2 Å². The highest BCUT2D eigenvalue weighted by atomic mass is 16.5. The molecule has 1 aromatic rings. The van der Waals surface area contributed by atoms with Crippen LogP contribution in [0, 0.1) is 5.92 Å². The normalized spacial score (nSPS) is 21.8. The molecule has 0 aliphatic carbocycles. The number of amides is 1. The number of hydrogen-bond acceptors (Lipinski definition) is 4. The van der Waals surface area contributed by atoms with E-state index in [1.54, 1.807) is 30.0 Å². The van der Waals surface area contributed by atoms with Gasteiger partial charge in [0.25, 0.3) is 5.91 Å². The van der Waals surface area contributed by atoms with Crippen LogP contribution in [-0.2, 0) is 4.79 Å². The molecule has 6 nitrogen and oxygen atoms in total. The lowest BCUT2D eigenvalue weighted by molar-refractivity contribution is -0.142. The summed E-state index contributed by atoms with van der Waals surface area (Å²) in [7, 11) is 1.47. The van der Waals surface area contributed by atoms with Gasteiger partial charge in [0, 0.05) is 24.3 Å². The van der Waals surface area contributed by atoms with E-state index in [0.29, 0.717) is 30.0 Å². The second-order valence-electron chi connectivity index (χ2n) is 4.93. The van der Waals surface area contributed by atoms with Crippen LogP contribution in [0.2, 0.25) is 0 Å². The number of nitrogens with zero attached hydrogens (tertiary/aromatic N) is 1. The number of likely N-dealkylation sites (tertiary alicyclic amines) is 1. The summed E-state index contributed by atoms with van der Waals surface area (Å²) in [5, 5.41) is 9.11. The summed E-state index contributed by atoms with van der Waals surface area (Å²) in [4.78, 5) is 25.2. The highest BCUT2D eigenvalue weighted by molar-refractivity contribution is 5.98. The van der Waals surface area contributed by atoms with E-state index in [1.165, 1.54) is 7.11 Å². The predicted molar refractivity (Wildman–Crippen MR) is 73.6 cm³/mol. The number of hydrogen-bond donors (Lipinski definition) is 2. The van der Waals surface area contributed by atoms with Crippen molar-refractivity contribution in [3.05, 3.63) is 23.8 Å². The van der Waals surface area contributed by atoms with E-state index in [0.717, 1.165) is 0 Å². The summed E-state index contributed by atoms with van der Waals surface area (Å²) in [6.07, 6.45) is 0.472. The van der Waals surface area contributed by atoms with Crippen molar-refractivity contribution in [3.63, 3.8) is 0 Å². The maximum absolute atomic E-state index is 12.5. The van der Waals surface area contributed by atoms with Crippen LogP contribution in [0.25, 0.3) is 0 Å². The van der Waals surface area contributed by atoms with E-state index >= 15 is 0 Å². The Labute approximate surface area is 117 Å². The molecule has 0 saturated carbocycles. The van der Waals surface area contributed by atoms with Gasteiger partial charge in [-0.3, -0.25) is 9.59 Å². The Balaban J connectivity index is 2.27. The second kappa shape index (κ2) is 5.40. The number of aliphatic carboxylic acids is 1. The quantitative estimate of drug-likeness (QED) is 0.811. The predicted octanol–water partition coefficient (Wildman–Crippen LogP) is 1.21. The Hall–Kier alpha value is -2.24. The summed E-state index contributed by atoms with van der Waals surface area (Å²) in [6.45, 7) is 2.19. The molecule has 2 atom stereocenters. The average Bonchev–Trinajstić information content (AvgIpc) is 2.79. The van der Waals surface area contributed by atoms with Crippen molar-refractivity contribution in [3.8, 4) is 5.75 Å². The van der Waals surface area contributed by atoms with E-state index in [9.17, 15) is 9.59 Å². The monoisotopic (exact) mass is 278 g/mol. The molecule has 0 bridgehead atoms. The number of nitrogens with two attached hydrogens (primary N) is 1. The molecule has 1 amide bonds. The van der Waals surface area contributed by atoms with E-state index in [1.807, 2.05) is 0 Å². The van der Waals surface area contributed by atoms with E-state index in [4.69, 9.17) is 15.6 Å². The number of carboxylic acid groups (broad SMARTS) is 1. The van der Waals surface area contributed by atoms with Crippen LogP contribution in [0.3, 0.4) is 0 Å². The first-order valence-electron chi connectivity index (χ1n) is 6.43. The zero-order chi connectivity index (χ0) is 14.9. The van der Waals surface area contributed by atoms with E-state index in [2.05, 4.69) is 0 Å². The Morgan fingerprint density at radius 1 is 1.45 bits per heavy atom. The van der Waals surface area contributed by atoms with Crippen LogP contribution >= 0.6 is 0 Å². The molecule has 1 fully saturated rings. The molecular weight excluding hydrogens is 260 g/mol. The highest BCUT2D eigenvalue weighted by Crippen LogP contribution is 2.29. The van der Waals surface area contributed by atoms with Crippen molar-refractivity contribution in [1.29, 1.82) is 0 Å². The number of nitrogen functional groups attached to an aromatic ring is 1. The third-order valence-corrected chi connectivity index (χ3v) is 3.79. The highest BCUT2D eigenvalue weighted by Gasteiger charge is 2.38. The molecule has 2 rings (SSSR count). The number of benzene rings is 1.